The largest absolute Gasteiger partial charge is 0.442 e. The molecule has 0 saturated carbocycles. The number of unbranched alkanes of at least 4 members (excludes halogenated alkanes) is 4. The lowest BCUT2D eigenvalue weighted by Crippen LogP contribution is -2.25. The van der Waals surface area contributed by atoms with Crippen molar-refractivity contribution in [3.05, 3.63) is 172 Å². The highest BCUT2D eigenvalue weighted by Crippen LogP contribution is 2.54. The summed E-state index contributed by atoms with van der Waals surface area (Å²) in [6.07, 6.45) is 13.5. The number of hydrogen-bond acceptors (Lipinski definition) is 4. The van der Waals surface area contributed by atoms with Crippen LogP contribution in [0.3, 0.4) is 0 Å². The normalized spacial score (nSPS) is 15.2. The van der Waals surface area contributed by atoms with Crippen molar-refractivity contribution in [2.24, 2.45) is 0 Å². The average molecular weight is 1090 g/mol. The van der Waals surface area contributed by atoms with E-state index >= 15 is 0 Å². The van der Waals surface area contributed by atoms with E-state index in [4.69, 9.17) is 4.74 Å². The quantitative estimate of drug-likeness (QED) is 0.0442. The van der Waals surface area contributed by atoms with E-state index in [9.17, 15) is 4.79 Å². The molecule has 0 aliphatic carbocycles. The van der Waals surface area contributed by atoms with Gasteiger partial charge in [0.25, 0.3) is 0 Å². The van der Waals surface area contributed by atoms with Gasteiger partial charge in [0.2, 0.25) is 0 Å². The number of benzene rings is 5. The van der Waals surface area contributed by atoms with Gasteiger partial charge in [-0.3, -0.25) is 0 Å². The summed E-state index contributed by atoms with van der Waals surface area (Å²) in [5.41, 5.74) is 10.7. The molecule has 1 aliphatic rings. The number of anilines is 2. The van der Waals surface area contributed by atoms with E-state index in [-0.39, 0.29) is 0 Å². The molecule has 0 bridgehead atoms. The molecular formula is C54H60Br4N2O2. The molecule has 0 spiro atoms. The van der Waals surface area contributed by atoms with E-state index in [1.807, 2.05) is 0 Å². The number of rotatable bonds is 20. The molecule has 326 valence electrons. The monoisotopic (exact) mass is 1080 g/mol. The van der Waals surface area contributed by atoms with E-state index in [0.29, 0.717) is 10.0 Å². The fourth-order valence-electron chi connectivity index (χ4n) is 8.09. The zero-order valence-corrected chi connectivity index (χ0v) is 43.4. The summed E-state index contributed by atoms with van der Waals surface area (Å²) in [5, 5.41) is 0. The number of esters is 1. The lowest BCUT2D eigenvalue weighted by atomic mass is 9.83. The highest BCUT2D eigenvalue weighted by atomic mass is 79.9. The van der Waals surface area contributed by atoms with Crippen molar-refractivity contribution in [2.75, 3.05) is 36.0 Å². The Balaban J connectivity index is 1.64. The smallest absolute Gasteiger partial charge is 0.341 e. The summed E-state index contributed by atoms with van der Waals surface area (Å²) in [5.74, 6) is -0.407. The first-order valence-corrected chi connectivity index (χ1v) is 25.5. The number of fused-ring (bicyclic) bond motifs is 1. The van der Waals surface area contributed by atoms with Crippen molar-refractivity contribution in [3.63, 3.8) is 0 Å². The van der Waals surface area contributed by atoms with Crippen LogP contribution in [-0.4, -0.2) is 32.1 Å². The third-order valence-corrected chi connectivity index (χ3v) is 16.5. The van der Waals surface area contributed by atoms with Crippen molar-refractivity contribution < 1.29 is 9.53 Å². The predicted molar refractivity (Wildman–Crippen MR) is 278 cm³/mol. The molecule has 5 aromatic carbocycles. The van der Waals surface area contributed by atoms with Crippen molar-refractivity contribution in [2.45, 2.75) is 98.5 Å². The zero-order valence-electron chi connectivity index (χ0n) is 37.1. The maximum Gasteiger partial charge on any atom is 0.341 e. The molecule has 0 radical (unpaired) electrons. The van der Waals surface area contributed by atoms with Crippen LogP contribution in [0.2, 0.25) is 0 Å². The van der Waals surface area contributed by atoms with Crippen LogP contribution in [0.4, 0.5) is 11.4 Å². The van der Waals surface area contributed by atoms with Crippen LogP contribution in [0.15, 0.2) is 127 Å². The zero-order chi connectivity index (χ0) is 44.4. The summed E-state index contributed by atoms with van der Waals surface area (Å²) >= 11 is 15.4. The Morgan fingerprint density at radius 2 is 0.823 bits per heavy atom. The Morgan fingerprint density at radius 1 is 0.500 bits per heavy atom. The Labute approximate surface area is 404 Å². The van der Waals surface area contributed by atoms with Gasteiger partial charge in [0.05, 0.1) is 5.56 Å². The van der Waals surface area contributed by atoms with Crippen LogP contribution >= 0.6 is 63.7 Å². The number of aryl methyl sites for hydroxylation is 2. The molecule has 5 aromatic rings. The average Bonchev–Trinajstić information content (AvgIpc) is 3.58. The van der Waals surface area contributed by atoms with Crippen molar-refractivity contribution in [1.29, 1.82) is 0 Å². The molecular weight excluding hydrogens is 1030 g/mol. The molecule has 0 atom stereocenters. The van der Waals surface area contributed by atoms with Gasteiger partial charge in [-0.05, 0) is 173 Å². The third-order valence-electron chi connectivity index (χ3n) is 11.8. The molecule has 8 heteroatoms. The third kappa shape index (κ3) is 11.1. The lowest BCUT2D eigenvalue weighted by Gasteiger charge is -2.28. The number of halogens is 4. The Hall–Kier alpha value is -3.43. The fourth-order valence-corrected chi connectivity index (χ4v) is 10.7. The van der Waals surface area contributed by atoms with Crippen LogP contribution in [0.25, 0.3) is 11.1 Å². The lowest BCUT2D eigenvalue weighted by molar-refractivity contribution is 0.0298. The molecule has 0 fully saturated rings. The van der Waals surface area contributed by atoms with E-state index in [0.717, 1.165) is 130 Å². The van der Waals surface area contributed by atoms with Crippen molar-refractivity contribution in [3.8, 4) is 0 Å². The van der Waals surface area contributed by atoms with Gasteiger partial charge in [-0.1, -0.05) is 137 Å². The summed E-state index contributed by atoms with van der Waals surface area (Å²) in [6, 6.07) is 35.2. The highest BCUT2D eigenvalue weighted by molar-refractivity contribution is 9.15. The Kier molecular flexibility index (Phi) is 17.4. The number of carbonyl (C=O) groups excluding carboxylic acids is 1. The number of ether oxygens (including phenoxy) is 1. The van der Waals surface area contributed by atoms with Crippen LogP contribution in [0, 0.1) is 13.8 Å². The molecule has 0 aromatic heterocycles. The molecule has 0 unspecified atom stereocenters. The second kappa shape index (κ2) is 22.5. The molecule has 0 N–H and O–H groups in total. The molecule has 62 heavy (non-hydrogen) atoms. The first kappa shape index (κ1) is 48.0. The van der Waals surface area contributed by atoms with Crippen LogP contribution in [0.1, 0.15) is 128 Å². The van der Waals surface area contributed by atoms with E-state index < -0.39 is 11.6 Å². The standard InChI is InChI=1S/C54H60Br4N2O2/c1-7-11-31-59(32-12-8-2)43-27-23-41(24-28-43)45(39-19-15-37(5)16-20-39)35-54(48-47(53(61)62-54)49(55)51(57)52(58)50(48)56)36-46(40-21-17-38(6)18-22-40)42-25-29-44(30-26-42)60(33-13-9-3)34-14-10-4/h15-30,35-36H,7-14,31-34H2,1-6H3. The maximum atomic E-state index is 14.5. The summed E-state index contributed by atoms with van der Waals surface area (Å²) in [7, 11) is 0. The van der Waals surface area contributed by atoms with Gasteiger partial charge in [0.15, 0.2) is 5.60 Å². The first-order valence-electron chi connectivity index (χ1n) is 22.3. The van der Waals surface area contributed by atoms with Gasteiger partial charge in [0, 0.05) is 61.0 Å². The molecule has 0 saturated heterocycles. The van der Waals surface area contributed by atoms with Gasteiger partial charge >= 0.3 is 5.97 Å². The topological polar surface area (TPSA) is 32.8 Å². The second-order valence-corrected chi connectivity index (χ2v) is 19.7. The Morgan fingerprint density at radius 3 is 1.16 bits per heavy atom. The second-order valence-electron chi connectivity index (χ2n) is 16.5. The van der Waals surface area contributed by atoms with E-state index in [1.165, 1.54) is 22.5 Å². The highest BCUT2D eigenvalue weighted by Gasteiger charge is 2.48. The predicted octanol–water partition coefficient (Wildman–Crippen LogP) is 16.8. The van der Waals surface area contributed by atoms with Crippen LogP contribution in [-0.2, 0) is 10.3 Å². The minimum Gasteiger partial charge on any atom is -0.442 e. The minimum absolute atomic E-state index is 0.407. The SMILES string of the molecule is CCCCN(CCCC)c1ccc(C(=CC2(C=C(c3ccc(C)cc3)c3ccc(N(CCCC)CCCC)cc3)OC(=O)c3c(Br)c(Br)c(Br)c(Br)c32)c2ccc(C)cc2)cc1. The van der Waals surface area contributed by atoms with Crippen molar-refractivity contribution >= 4 is 92.2 Å². The van der Waals surface area contributed by atoms with Gasteiger partial charge in [0.1, 0.15) is 0 Å². The minimum atomic E-state index is -1.35. The summed E-state index contributed by atoms with van der Waals surface area (Å²) in [6.45, 7) is 17.3. The van der Waals surface area contributed by atoms with Crippen LogP contribution < -0.4 is 9.80 Å². The number of carbonyl (C=O) groups is 1. The number of cyclic esters (lactones) is 1. The number of hydrogen-bond donors (Lipinski definition) is 0. The van der Waals surface area contributed by atoms with E-state index in [1.54, 1.807) is 0 Å². The molecule has 4 nitrogen and oxygen atoms in total. The molecule has 1 heterocycles. The maximum absolute atomic E-state index is 14.5. The number of nitrogens with zero attached hydrogens (tertiary/aromatic N) is 2. The van der Waals surface area contributed by atoms with Gasteiger partial charge in [-0.25, -0.2) is 4.79 Å². The van der Waals surface area contributed by atoms with Gasteiger partial charge in [-0.2, -0.15) is 0 Å². The fraction of sp³-hybridized carbons (Fsp3) is 0.352. The molecule has 6 rings (SSSR count). The first-order chi connectivity index (χ1) is 29.9. The molecule has 1 aliphatic heterocycles. The van der Waals surface area contributed by atoms with Gasteiger partial charge < -0.3 is 14.5 Å². The van der Waals surface area contributed by atoms with Gasteiger partial charge in [-0.15, -0.1) is 0 Å². The Bertz CT molecular complexity index is 2210. The summed E-state index contributed by atoms with van der Waals surface area (Å²) < 4.78 is 9.77. The molecule has 0 amide bonds. The van der Waals surface area contributed by atoms with E-state index in [2.05, 4.69) is 224 Å². The summed E-state index contributed by atoms with van der Waals surface area (Å²) in [4.78, 5) is 19.6. The van der Waals surface area contributed by atoms with Crippen molar-refractivity contribution in [1.82, 2.24) is 0 Å². The van der Waals surface area contributed by atoms with Crippen LogP contribution in [0.5, 0.6) is 0 Å².